The molecule has 8 rings (SSSR count). The fourth-order valence-electron chi connectivity index (χ4n) is 6.88. The fourth-order valence-corrected chi connectivity index (χ4v) is 8.01. The second kappa shape index (κ2) is 13.5. The summed E-state index contributed by atoms with van der Waals surface area (Å²) in [6.45, 7) is 12.9. The SMILES string of the molecule is C=C/C=C\C(=C)C1=c2cccc/c2=C(c2ccc(C(=C)c3cc4c(cc3-c3cc5ccccc5o3)sc3ccccc34)cc2)/C=C/CCC=C1. The van der Waals surface area contributed by atoms with Gasteiger partial charge in [-0.25, -0.2) is 0 Å². The highest BCUT2D eigenvalue weighted by Gasteiger charge is 2.18. The number of benzene rings is 5. The number of hydrogen-bond donors (Lipinski definition) is 0. The van der Waals surface area contributed by atoms with E-state index in [9.17, 15) is 0 Å². The van der Waals surface area contributed by atoms with Crippen LogP contribution in [0.2, 0.25) is 0 Å². The molecular formula is C48H36OS. The molecule has 2 heteroatoms. The molecule has 0 saturated heterocycles. The van der Waals surface area contributed by atoms with Crippen LogP contribution in [0.3, 0.4) is 0 Å². The first kappa shape index (κ1) is 31.3. The summed E-state index contributed by atoms with van der Waals surface area (Å²) in [6, 6.07) is 41.0. The van der Waals surface area contributed by atoms with Crippen LogP contribution in [0.15, 0.2) is 188 Å². The molecule has 0 aliphatic heterocycles. The first-order valence-corrected chi connectivity index (χ1v) is 17.8. The van der Waals surface area contributed by atoms with Crippen LogP contribution >= 0.6 is 11.3 Å². The van der Waals surface area contributed by atoms with E-state index in [0.717, 1.165) is 73.8 Å². The standard InChI is InChI=1S/C48H36OS/c1-4-5-16-32(2)37-18-8-6-7-9-19-38(40-21-12-11-20-39(37)40)35-27-25-34(26-28-35)33(3)42-30-44-41-22-13-15-24-47(41)50-48(44)31-43(42)46-29-36-17-10-14-23-45(36)49-46/h4-5,8-31H,1-3,6-7H2/b16-5-,18-8?,19-9+,39-37?,40-38+. The minimum atomic E-state index is 0.850. The van der Waals surface area contributed by atoms with E-state index in [1.807, 2.05) is 35.6 Å². The molecule has 0 N–H and O–H groups in total. The molecule has 2 aromatic heterocycles. The van der Waals surface area contributed by atoms with Crippen LogP contribution in [0.1, 0.15) is 29.5 Å². The molecule has 2 heterocycles. The number of para-hydroxylation sites is 1. The Hall–Kier alpha value is -5.96. The van der Waals surface area contributed by atoms with Gasteiger partial charge in [-0.3, -0.25) is 0 Å². The highest BCUT2D eigenvalue weighted by Crippen LogP contribution is 2.42. The predicted octanol–water partition coefficient (Wildman–Crippen LogP) is 12.1. The van der Waals surface area contributed by atoms with Gasteiger partial charge in [-0.15, -0.1) is 11.3 Å². The molecule has 7 aromatic rings. The molecule has 1 aliphatic carbocycles. The maximum absolute atomic E-state index is 6.45. The second-order valence-corrected chi connectivity index (χ2v) is 13.7. The third kappa shape index (κ3) is 5.85. The third-order valence-electron chi connectivity index (χ3n) is 9.43. The van der Waals surface area contributed by atoms with E-state index >= 15 is 0 Å². The lowest BCUT2D eigenvalue weighted by Gasteiger charge is -2.14. The van der Waals surface area contributed by atoms with E-state index in [4.69, 9.17) is 11.0 Å². The average Bonchev–Trinajstić information content (AvgIpc) is 3.76. The summed E-state index contributed by atoms with van der Waals surface area (Å²) in [5, 5.41) is 5.92. The van der Waals surface area contributed by atoms with Gasteiger partial charge in [0.15, 0.2) is 0 Å². The van der Waals surface area contributed by atoms with Crippen molar-refractivity contribution in [3.8, 4) is 11.3 Å². The maximum atomic E-state index is 6.45. The van der Waals surface area contributed by atoms with Gasteiger partial charge >= 0.3 is 0 Å². The number of allylic oxidation sites excluding steroid dienone is 8. The highest BCUT2D eigenvalue weighted by atomic mass is 32.1. The monoisotopic (exact) mass is 660 g/mol. The molecule has 0 saturated carbocycles. The van der Waals surface area contributed by atoms with E-state index in [1.54, 1.807) is 6.08 Å². The summed E-state index contributed by atoms with van der Waals surface area (Å²) < 4.78 is 8.97. The molecule has 0 atom stereocenters. The molecule has 50 heavy (non-hydrogen) atoms. The van der Waals surface area contributed by atoms with Crippen LogP contribution in [-0.2, 0) is 0 Å². The maximum Gasteiger partial charge on any atom is 0.136 e. The molecule has 1 nitrogen and oxygen atoms in total. The van der Waals surface area contributed by atoms with Crippen LogP contribution in [0.4, 0.5) is 0 Å². The van der Waals surface area contributed by atoms with Crippen LogP contribution in [0, 0.1) is 0 Å². The molecule has 0 amide bonds. The lowest BCUT2D eigenvalue weighted by atomic mass is 9.90. The molecule has 0 bridgehead atoms. The number of thiophene rings is 1. The van der Waals surface area contributed by atoms with Gasteiger partial charge in [0.1, 0.15) is 11.3 Å². The second-order valence-electron chi connectivity index (χ2n) is 12.6. The Bertz CT molecular complexity index is 2650. The van der Waals surface area contributed by atoms with E-state index in [2.05, 4.69) is 141 Å². The van der Waals surface area contributed by atoms with Gasteiger partial charge in [-0.05, 0) is 92.6 Å². The Morgan fingerprint density at radius 2 is 1.44 bits per heavy atom. The highest BCUT2D eigenvalue weighted by molar-refractivity contribution is 7.25. The smallest absolute Gasteiger partial charge is 0.136 e. The molecule has 5 aromatic carbocycles. The van der Waals surface area contributed by atoms with Crippen molar-refractivity contribution < 1.29 is 4.42 Å². The molecule has 1 aliphatic rings. The van der Waals surface area contributed by atoms with E-state index in [1.165, 1.54) is 31.0 Å². The van der Waals surface area contributed by atoms with Gasteiger partial charge in [-0.2, -0.15) is 0 Å². The summed E-state index contributed by atoms with van der Waals surface area (Å²) >= 11 is 1.82. The van der Waals surface area contributed by atoms with Crippen LogP contribution in [-0.4, -0.2) is 0 Å². The van der Waals surface area contributed by atoms with Crippen molar-refractivity contribution >= 4 is 59.2 Å². The Kier molecular flexibility index (Phi) is 8.46. The van der Waals surface area contributed by atoms with E-state index in [-0.39, 0.29) is 0 Å². The van der Waals surface area contributed by atoms with Crippen molar-refractivity contribution in [1.29, 1.82) is 0 Å². The molecular weight excluding hydrogens is 625 g/mol. The van der Waals surface area contributed by atoms with Crippen LogP contribution in [0.5, 0.6) is 0 Å². The lowest BCUT2D eigenvalue weighted by Crippen LogP contribution is -2.29. The number of rotatable bonds is 7. The average molecular weight is 661 g/mol. The molecule has 0 radical (unpaired) electrons. The summed E-state index contributed by atoms with van der Waals surface area (Å²) in [4.78, 5) is 0. The Balaban J connectivity index is 1.27. The Labute approximate surface area is 296 Å². The number of hydrogen-bond acceptors (Lipinski definition) is 2. The quantitative estimate of drug-likeness (QED) is 0.155. The minimum Gasteiger partial charge on any atom is -0.456 e. The van der Waals surface area contributed by atoms with E-state index in [0.29, 0.717) is 0 Å². The Morgan fingerprint density at radius 3 is 2.26 bits per heavy atom. The van der Waals surface area contributed by atoms with Crippen molar-refractivity contribution in [2.24, 2.45) is 0 Å². The van der Waals surface area contributed by atoms with Crippen molar-refractivity contribution in [3.63, 3.8) is 0 Å². The van der Waals surface area contributed by atoms with Gasteiger partial charge in [-0.1, -0.05) is 147 Å². The third-order valence-corrected chi connectivity index (χ3v) is 10.6. The molecule has 0 fully saturated rings. The van der Waals surface area contributed by atoms with Crippen molar-refractivity contribution in [3.05, 3.63) is 210 Å². The van der Waals surface area contributed by atoms with Crippen molar-refractivity contribution in [1.82, 2.24) is 0 Å². The summed E-state index contributed by atoms with van der Waals surface area (Å²) in [6.07, 6.45) is 16.7. The van der Waals surface area contributed by atoms with Gasteiger partial charge in [0.05, 0.1) is 0 Å². The zero-order valence-corrected chi connectivity index (χ0v) is 28.7. The number of fused-ring (bicyclic) bond motifs is 5. The first-order chi connectivity index (χ1) is 24.6. The fraction of sp³-hybridized carbons (Fsp3) is 0.0417. The zero-order chi connectivity index (χ0) is 34.0. The van der Waals surface area contributed by atoms with Gasteiger partial charge in [0, 0.05) is 31.1 Å². The van der Waals surface area contributed by atoms with Crippen LogP contribution < -0.4 is 10.4 Å². The zero-order valence-electron chi connectivity index (χ0n) is 27.9. The summed E-state index contributed by atoms with van der Waals surface area (Å²) in [5.41, 5.74) is 9.44. The summed E-state index contributed by atoms with van der Waals surface area (Å²) in [7, 11) is 0. The van der Waals surface area contributed by atoms with Gasteiger partial charge in [0.25, 0.3) is 0 Å². The molecule has 240 valence electrons. The Morgan fingerprint density at radius 1 is 0.700 bits per heavy atom. The molecule has 0 spiro atoms. The van der Waals surface area contributed by atoms with Crippen LogP contribution in [0.25, 0.3) is 59.2 Å². The van der Waals surface area contributed by atoms with Crippen molar-refractivity contribution in [2.45, 2.75) is 12.8 Å². The van der Waals surface area contributed by atoms with Crippen molar-refractivity contribution in [2.75, 3.05) is 0 Å². The van der Waals surface area contributed by atoms with Gasteiger partial charge in [0.2, 0.25) is 0 Å². The topological polar surface area (TPSA) is 13.1 Å². The lowest BCUT2D eigenvalue weighted by molar-refractivity contribution is 0.631. The number of furan rings is 1. The minimum absolute atomic E-state index is 0.850. The summed E-state index contributed by atoms with van der Waals surface area (Å²) in [5.74, 6) is 0.850. The van der Waals surface area contributed by atoms with Gasteiger partial charge < -0.3 is 4.42 Å². The largest absolute Gasteiger partial charge is 0.456 e. The normalized spacial score (nSPS) is 15.1. The predicted molar refractivity (Wildman–Crippen MR) is 217 cm³/mol. The molecule has 0 unspecified atom stereocenters. The van der Waals surface area contributed by atoms with E-state index < -0.39 is 0 Å². The first-order valence-electron chi connectivity index (χ1n) is 17.0.